The number of piperidine rings is 1. The van der Waals surface area contributed by atoms with Crippen LogP contribution in [0.5, 0.6) is 17.2 Å². The molecule has 0 N–H and O–H groups in total. The zero-order chi connectivity index (χ0) is 25.3. The molecule has 0 radical (unpaired) electrons. The molecule has 3 aromatic carbocycles. The number of fused-ring (bicyclic) bond motifs is 1. The average Bonchev–Trinajstić information content (AvgIpc) is 2.89. The van der Waals surface area contributed by atoms with Crippen LogP contribution in [0.15, 0.2) is 72.8 Å². The fourth-order valence-electron chi connectivity index (χ4n) is 5.46. The Balaban J connectivity index is 1.46. The second-order valence-electron chi connectivity index (χ2n) is 9.63. The molecule has 1 fully saturated rings. The zero-order valence-electron chi connectivity index (χ0n) is 20.4. The van der Waals surface area contributed by atoms with Gasteiger partial charge in [-0.3, -0.25) is 4.90 Å². The van der Waals surface area contributed by atoms with Gasteiger partial charge in [0.25, 0.3) is 0 Å². The number of rotatable bonds is 5. The van der Waals surface area contributed by atoms with Crippen LogP contribution in [0.1, 0.15) is 36.0 Å². The van der Waals surface area contributed by atoms with Crippen LogP contribution in [0.25, 0.3) is 0 Å². The Morgan fingerprint density at radius 1 is 0.972 bits per heavy atom. The molecule has 2 heterocycles. The van der Waals surface area contributed by atoms with Crippen molar-refractivity contribution in [1.29, 1.82) is 0 Å². The largest absolute Gasteiger partial charge is 0.493 e. The standard InChI is InChI=1S/C29H30F3NO3/c1-33-18-17-28(21-8-4-3-5-9-21,36-23-14-12-22(13-15-23)29(30,31)32)19-24(33)25-16-11-20-7-6-10-26(34-2)27(20)35-25/h3-10,12-15,24-25H,11,16-19H2,1-2H3. The summed E-state index contributed by atoms with van der Waals surface area (Å²) < 4.78 is 58.0. The van der Waals surface area contributed by atoms with Crippen molar-refractivity contribution in [3.63, 3.8) is 0 Å². The van der Waals surface area contributed by atoms with E-state index in [9.17, 15) is 13.2 Å². The highest BCUT2D eigenvalue weighted by atomic mass is 19.4. The molecule has 190 valence electrons. The van der Waals surface area contributed by atoms with Gasteiger partial charge in [0.05, 0.1) is 18.7 Å². The van der Waals surface area contributed by atoms with Crippen LogP contribution in [0.2, 0.25) is 0 Å². The summed E-state index contributed by atoms with van der Waals surface area (Å²) in [6.07, 6.45) is -1.36. The molecule has 36 heavy (non-hydrogen) atoms. The van der Waals surface area contributed by atoms with E-state index in [4.69, 9.17) is 14.2 Å². The summed E-state index contributed by atoms with van der Waals surface area (Å²) in [4.78, 5) is 2.31. The number of hydrogen-bond acceptors (Lipinski definition) is 4. The van der Waals surface area contributed by atoms with Gasteiger partial charge < -0.3 is 14.2 Å². The lowest BCUT2D eigenvalue weighted by Crippen LogP contribution is -2.56. The minimum absolute atomic E-state index is 0.0477. The van der Waals surface area contributed by atoms with Gasteiger partial charge in [-0.1, -0.05) is 42.5 Å². The molecular formula is C29H30F3NO3. The maximum absolute atomic E-state index is 13.1. The highest BCUT2D eigenvalue weighted by molar-refractivity contribution is 5.48. The molecule has 0 aromatic heterocycles. The number of likely N-dealkylation sites (tertiary alicyclic amines) is 1. The van der Waals surface area contributed by atoms with Crippen molar-refractivity contribution in [2.75, 3.05) is 20.7 Å². The SMILES string of the molecule is COc1cccc2c1OC(C1CC(Oc3ccc(C(F)(F)F)cc3)(c3ccccc3)CCN1C)CC2. The van der Waals surface area contributed by atoms with Gasteiger partial charge in [-0.25, -0.2) is 0 Å². The van der Waals surface area contributed by atoms with Gasteiger partial charge in [0.15, 0.2) is 11.5 Å². The highest BCUT2D eigenvalue weighted by Crippen LogP contribution is 2.44. The number of aryl methyl sites for hydroxylation is 1. The van der Waals surface area contributed by atoms with Crippen molar-refractivity contribution in [3.8, 4) is 17.2 Å². The Kier molecular flexibility index (Phi) is 6.60. The van der Waals surface area contributed by atoms with Crippen molar-refractivity contribution in [3.05, 3.63) is 89.5 Å². The monoisotopic (exact) mass is 497 g/mol. The predicted molar refractivity (Wildman–Crippen MR) is 132 cm³/mol. The third-order valence-corrected chi connectivity index (χ3v) is 7.45. The smallest absolute Gasteiger partial charge is 0.416 e. The summed E-state index contributed by atoms with van der Waals surface area (Å²) >= 11 is 0. The fourth-order valence-corrected chi connectivity index (χ4v) is 5.46. The lowest BCUT2D eigenvalue weighted by Gasteiger charge is -2.48. The quantitative estimate of drug-likeness (QED) is 0.404. The van der Waals surface area contributed by atoms with Crippen LogP contribution in [0, 0.1) is 0 Å². The van der Waals surface area contributed by atoms with Crippen molar-refractivity contribution >= 4 is 0 Å². The van der Waals surface area contributed by atoms with Crippen LogP contribution in [-0.4, -0.2) is 37.7 Å². The Morgan fingerprint density at radius 3 is 2.42 bits per heavy atom. The molecule has 2 aliphatic heterocycles. The van der Waals surface area contributed by atoms with Crippen LogP contribution >= 0.6 is 0 Å². The van der Waals surface area contributed by atoms with Crippen LogP contribution in [0.4, 0.5) is 13.2 Å². The molecular weight excluding hydrogens is 467 g/mol. The molecule has 4 nitrogen and oxygen atoms in total. The first-order valence-electron chi connectivity index (χ1n) is 12.2. The number of hydrogen-bond donors (Lipinski definition) is 0. The average molecular weight is 498 g/mol. The summed E-state index contributed by atoms with van der Waals surface area (Å²) in [5.74, 6) is 1.95. The summed E-state index contributed by atoms with van der Waals surface area (Å²) in [5, 5.41) is 0. The third kappa shape index (κ3) is 4.76. The summed E-state index contributed by atoms with van der Waals surface area (Å²) in [6, 6.07) is 21.0. The number of nitrogens with zero attached hydrogens (tertiary/aromatic N) is 1. The number of ether oxygens (including phenoxy) is 3. The van der Waals surface area contributed by atoms with Crippen LogP contribution in [-0.2, 0) is 18.2 Å². The molecule has 0 bridgehead atoms. The van der Waals surface area contributed by atoms with Gasteiger partial charge in [-0.15, -0.1) is 0 Å². The summed E-state index contributed by atoms with van der Waals surface area (Å²) in [7, 11) is 3.74. The first-order valence-corrected chi connectivity index (χ1v) is 12.2. The van der Waals surface area contributed by atoms with E-state index in [0.717, 1.165) is 54.1 Å². The van der Waals surface area contributed by atoms with E-state index < -0.39 is 17.3 Å². The minimum Gasteiger partial charge on any atom is -0.493 e. The number of halogens is 3. The van der Waals surface area contributed by atoms with Gasteiger partial charge in [0.2, 0.25) is 0 Å². The number of methoxy groups -OCH3 is 1. The number of benzene rings is 3. The molecule has 2 aliphatic rings. The van der Waals surface area contributed by atoms with Crippen molar-refractivity contribution < 1.29 is 27.4 Å². The molecule has 3 atom stereocenters. The van der Waals surface area contributed by atoms with E-state index in [-0.39, 0.29) is 12.1 Å². The number of alkyl halides is 3. The Bertz CT molecular complexity index is 1170. The normalized spacial score (nSPS) is 24.5. The minimum atomic E-state index is -4.38. The molecule has 1 saturated heterocycles. The van der Waals surface area contributed by atoms with Gasteiger partial charge in [-0.05, 0) is 61.3 Å². The molecule has 7 heteroatoms. The first-order chi connectivity index (χ1) is 17.3. The van der Waals surface area contributed by atoms with Gasteiger partial charge in [0, 0.05) is 19.4 Å². The van der Waals surface area contributed by atoms with Crippen LogP contribution < -0.4 is 14.2 Å². The van der Waals surface area contributed by atoms with E-state index in [1.165, 1.54) is 12.1 Å². The highest BCUT2D eigenvalue weighted by Gasteiger charge is 2.46. The Morgan fingerprint density at radius 2 is 1.72 bits per heavy atom. The maximum Gasteiger partial charge on any atom is 0.416 e. The van der Waals surface area contributed by atoms with E-state index >= 15 is 0 Å². The lowest BCUT2D eigenvalue weighted by atomic mass is 9.78. The van der Waals surface area contributed by atoms with E-state index in [1.54, 1.807) is 7.11 Å². The summed E-state index contributed by atoms with van der Waals surface area (Å²) in [5.41, 5.74) is 0.770. The van der Waals surface area contributed by atoms with Crippen molar-refractivity contribution in [2.24, 2.45) is 0 Å². The topological polar surface area (TPSA) is 30.9 Å². The molecule has 0 spiro atoms. The second-order valence-corrected chi connectivity index (χ2v) is 9.63. The molecule has 3 aromatic rings. The van der Waals surface area contributed by atoms with E-state index in [2.05, 4.69) is 18.0 Å². The van der Waals surface area contributed by atoms with E-state index in [0.29, 0.717) is 18.6 Å². The molecule has 0 amide bonds. The predicted octanol–water partition coefficient (Wildman–Crippen LogP) is 6.48. The Hall–Kier alpha value is -3.19. The second kappa shape index (κ2) is 9.69. The zero-order valence-corrected chi connectivity index (χ0v) is 20.4. The third-order valence-electron chi connectivity index (χ3n) is 7.45. The van der Waals surface area contributed by atoms with E-state index in [1.807, 2.05) is 42.5 Å². The molecule has 0 saturated carbocycles. The van der Waals surface area contributed by atoms with Gasteiger partial charge in [0.1, 0.15) is 17.5 Å². The number of likely N-dealkylation sites (N-methyl/N-ethyl adjacent to an activating group) is 1. The van der Waals surface area contributed by atoms with Gasteiger partial charge >= 0.3 is 6.18 Å². The Labute approximate surface area is 209 Å². The van der Waals surface area contributed by atoms with Crippen LogP contribution in [0.3, 0.4) is 0 Å². The number of para-hydroxylation sites is 1. The molecule has 5 rings (SSSR count). The fraction of sp³-hybridized carbons (Fsp3) is 0.379. The van der Waals surface area contributed by atoms with Crippen molar-refractivity contribution in [1.82, 2.24) is 4.90 Å². The lowest BCUT2D eigenvalue weighted by molar-refractivity contribution is -0.137. The summed E-state index contributed by atoms with van der Waals surface area (Å²) in [6.45, 7) is 0.763. The molecule has 0 aliphatic carbocycles. The first kappa shape index (κ1) is 24.5. The van der Waals surface area contributed by atoms with Gasteiger partial charge in [-0.2, -0.15) is 13.2 Å². The van der Waals surface area contributed by atoms with Crippen molar-refractivity contribution in [2.45, 2.75) is 49.6 Å². The maximum atomic E-state index is 13.1. The molecule has 3 unspecified atom stereocenters.